The fourth-order valence-electron chi connectivity index (χ4n) is 3.36. The molecular weight excluding hydrogens is 340 g/mol. The van der Waals surface area contributed by atoms with Crippen LogP contribution >= 0.6 is 0 Å². The Balaban J connectivity index is 1.43. The molecule has 0 bridgehead atoms. The highest BCUT2D eigenvalue weighted by atomic mass is 16.1. The first-order valence-corrected chi connectivity index (χ1v) is 9.52. The number of rotatable bonds is 5. The molecule has 7 heteroatoms. The first kappa shape index (κ1) is 17.5. The van der Waals surface area contributed by atoms with E-state index in [1.165, 1.54) is 24.8 Å². The second kappa shape index (κ2) is 7.73. The van der Waals surface area contributed by atoms with E-state index in [2.05, 4.69) is 20.4 Å². The summed E-state index contributed by atoms with van der Waals surface area (Å²) in [7, 11) is 0. The van der Waals surface area contributed by atoms with Gasteiger partial charge < -0.3 is 10.2 Å². The van der Waals surface area contributed by atoms with Gasteiger partial charge in [0.15, 0.2) is 11.5 Å². The van der Waals surface area contributed by atoms with E-state index in [0.29, 0.717) is 24.3 Å². The summed E-state index contributed by atoms with van der Waals surface area (Å²) >= 11 is 0. The van der Waals surface area contributed by atoms with Crippen molar-refractivity contribution in [3.63, 3.8) is 0 Å². The Morgan fingerprint density at radius 3 is 2.59 bits per heavy atom. The van der Waals surface area contributed by atoms with Crippen LogP contribution < -0.4 is 10.2 Å². The smallest absolute Gasteiger partial charge is 0.224 e. The summed E-state index contributed by atoms with van der Waals surface area (Å²) in [4.78, 5) is 14.5. The van der Waals surface area contributed by atoms with Crippen molar-refractivity contribution >= 4 is 23.1 Å². The van der Waals surface area contributed by atoms with Gasteiger partial charge in [-0.3, -0.25) is 4.79 Å². The van der Waals surface area contributed by atoms with Gasteiger partial charge in [-0.05, 0) is 50.5 Å². The first-order chi connectivity index (χ1) is 13.2. The van der Waals surface area contributed by atoms with Gasteiger partial charge in [-0.25, -0.2) is 0 Å². The lowest BCUT2D eigenvalue weighted by Crippen LogP contribution is -2.30. The molecule has 27 heavy (non-hydrogen) atoms. The number of nitrogens with zero attached hydrogens (tertiary/aromatic N) is 5. The molecule has 1 aliphatic rings. The predicted molar refractivity (Wildman–Crippen MR) is 105 cm³/mol. The molecule has 1 fully saturated rings. The van der Waals surface area contributed by atoms with Gasteiger partial charge in [0, 0.05) is 31.6 Å². The monoisotopic (exact) mass is 364 g/mol. The Kier molecular flexibility index (Phi) is 5.00. The average Bonchev–Trinajstić information content (AvgIpc) is 3.11. The molecule has 3 aromatic rings. The minimum absolute atomic E-state index is 0.0391. The number of anilines is 2. The highest BCUT2D eigenvalue weighted by Crippen LogP contribution is 2.18. The molecule has 1 N–H and O–H groups in total. The fourth-order valence-corrected chi connectivity index (χ4v) is 3.36. The lowest BCUT2D eigenvalue weighted by atomic mass is 10.1. The Morgan fingerprint density at radius 1 is 1.04 bits per heavy atom. The number of fused-ring (bicyclic) bond motifs is 1. The van der Waals surface area contributed by atoms with Crippen LogP contribution in [0.25, 0.3) is 5.65 Å². The van der Waals surface area contributed by atoms with Gasteiger partial charge in [0.25, 0.3) is 0 Å². The summed E-state index contributed by atoms with van der Waals surface area (Å²) in [6, 6.07) is 11.7. The molecule has 3 heterocycles. The van der Waals surface area contributed by atoms with Crippen LogP contribution in [-0.2, 0) is 11.2 Å². The van der Waals surface area contributed by atoms with Crippen LogP contribution in [0, 0.1) is 6.92 Å². The minimum atomic E-state index is -0.0391. The molecule has 0 saturated carbocycles. The number of aryl methyl sites for hydroxylation is 2. The van der Waals surface area contributed by atoms with E-state index < -0.39 is 0 Å². The lowest BCUT2D eigenvalue weighted by molar-refractivity contribution is -0.116. The number of piperidine rings is 1. The summed E-state index contributed by atoms with van der Waals surface area (Å²) in [5.74, 6) is 1.62. The Hall–Kier alpha value is -2.96. The third kappa shape index (κ3) is 4.07. The van der Waals surface area contributed by atoms with E-state index in [9.17, 15) is 4.79 Å². The maximum atomic E-state index is 12.2. The molecule has 1 amide bonds. The summed E-state index contributed by atoms with van der Waals surface area (Å²) in [6.45, 7) is 4.09. The van der Waals surface area contributed by atoms with Crippen molar-refractivity contribution in [2.45, 2.75) is 39.0 Å². The second-order valence-corrected chi connectivity index (χ2v) is 7.04. The molecule has 1 saturated heterocycles. The predicted octanol–water partition coefficient (Wildman–Crippen LogP) is 2.99. The van der Waals surface area contributed by atoms with Gasteiger partial charge in [-0.1, -0.05) is 17.7 Å². The van der Waals surface area contributed by atoms with Crippen molar-refractivity contribution in [1.82, 2.24) is 19.8 Å². The van der Waals surface area contributed by atoms with Crippen LogP contribution in [0.15, 0.2) is 36.4 Å². The maximum absolute atomic E-state index is 12.2. The van der Waals surface area contributed by atoms with Crippen molar-refractivity contribution in [2.24, 2.45) is 0 Å². The van der Waals surface area contributed by atoms with Crippen LogP contribution in [-0.4, -0.2) is 38.8 Å². The largest absolute Gasteiger partial charge is 0.355 e. The number of carbonyl (C=O) groups is 1. The molecule has 4 rings (SSSR count). The molecule has 1 aliphatic heterocycles. The van der Waals surface area contributed by atoms with Crippen molar-refractivity contribution in [2.75, 3.05) is 23.3 Å². The SMILES string of the molecule is Cc1ccc(NC(=O)CCc2nnc3ccc(N4CCCCC4)nn23)cc1. The van der Waals surface area contributed by atoms with Crippen LogP contribution in [0.3, 0.4) is 0 Å². The summed E-state index contributed by atoms with van der Waals surface area (Å²) in [5.41, 5.74) is 2.69. The molecule has 0 spiro atoms. The van der Waals surface area contributed by atoms with E-state index in [4.69, 9.17) is 5.10 Å². The van der Waals surface area contributed by atoms with Crippen LogP contribution in [0.5, 0.6) is 0 Å². The number of aromatic nitrogens is 4. The zero-order valence-electron chi connectivity index (χ0n) is 15.6. The summed E-state index contributed by atoms with van der Waals surface area (Å²) in [6.07, 6.45) is 4.52. The summed E-state index contributed by atoms with van der Waals surface area (Å²) in [5, 5.41) is 16.0. The quantitative estimate of drug-likeness (QED) is 0.753. The first-order valence-electron chi connectivity index (χ1n) is 9.52. The van der Waals surface area contributed by atoms with Gasteiger partial charge >= 0.3 is 0 Å². The third-order valence-corrected chi connectivity index (χ3v) is 4.90. The van der Waals surface area contributed by atoms with Gasteiger partial charge in [0.05, 0.1) is 0 Å². The van der Waals surface area contributed by atoms with Crippen molar-refractivity contribution in [1.29, 1.82) is 0 Å². The molecule has 0 unspecified atom stereocenters. The molecule has 140 valence electrons. The number of hydrogen-bond donors (Lipinski definition) is 1. The van der Waals surface area contributed by atoms with E-state index in [1.807, 2.05) is 43.3 Å². The zero-order valence-corrected chi connectivity index (χ0v) is 15.6. The maximum Gasteiger partial charge on any atom is 0.224 e. The molecule has 7 nitrogen and oxygen atoms in total. The number of nitrogens with one attached hydrogen (secondary N) is 1. The molecular formula is C20H24N6O. The van der Waals surface area contributed by atoms with E-state index in [-0.39, 0.29) is 5.91 Å². The number of benzene rings is 1. The number of hydrogen-bond acceptors (Lipinski definition) is 5. The van der Waals surface area contributed by atoms with Crippen LogP contribution in [0.1, 0.15) is 37.1 Å². The van der Waals surface area contributed by atoms with Crippen LogP contribution in [0.4, 0.5) is 11.5 Å². The van der Waals surface area contributed by atoms with Gasteiger partial charge in [-0.15, -0.1) is 15.3 Å². The number of amides is 1. The molecule has 0 aliphatic carbocycles. The molecule has 2 aromatic heterocycles. The second-order valence-electron chi connectivity index (χ2n) is 7.04. The summed E-state index contributed by atoms with van der Waals surface area (Å²) < 4.78 is 1.77. The normalized spacial score (nSPS) is 14.5. The number of carbonyl (C=O) groups excluding carboxylic acids is 1. The van der Waals surface area contributed by atoms with E-state index in [1.54, 1.807) is 4.52 Å². The Labute approximate surface area is 158 Å². The van der Waals surface area contributed by atoms with Gasteiger partial charge in [0.1, 0.15) is 5.82 Å². The Bertz CT molecular complexity index is 927. The molecule has 1 aromatic carbocycles. The van der Waals surface area contributed by atoms with Crippen molar-refractivity contribution < 1.29 is 4.79 Å². The van der Waals surface area contributed by atoms with E-state index >= 15 is 0 Å². The highest BCUT2D eigenvalue weighted by molar-refractivity contribution is 5.90. The highest BCUT2D eigenvalue weighted by Gasteiger charge is 2.15. The van der Waals surface area contributed by atoms with Crippen molar-refractivity contribution in [3.05, 3.63) is 47.8 Å². The molecule has 0 radical (unpaired) electrons. The van der Waals surface area contributed by atoms with E-state index in [0.717, 1.165) is 24.6 Å². The fraction of sp³-hybridized carbons (Fsp3) is 0.400. The third-order valence-electron chi connectivity index (χ3n) is 4.90. The van der Waals surface area contributed by atoms with Gasteiger partial charge in [0.2, 0.25) is 5.91 Å². The average molecular weight is 364 g/mol. The van der Waals surface area contributed by atoms with Gasteiger partial charge in [-0.2, -0.15) is 4.52 Å². The van der Waals surface area contributed by atoms with Crippen molar-refractivity contribution in [3.8, 4) is 0 Å². The van der Waals surface area contributed by atoms with Crippen LogP contribution in [0.2, 0.25) is 0 Å². The minimum Gasteiger partial charge on any atom is -0.355 e. The topological polar surface area (TPSA) is 75.4 Å². The lowest BCUT2D eigenvalue weighted by Gasteiger charge is -2.27. The standard InChI is InChI=1S/C20H24N6O/c1-15-5-7-16(8-6-15)21-20(27)12-11-18-23-22-17-9-10-19(24-26(17)18)25-13-3-2-4-14-25/h5-10H,2-4,11-14H2,1H3,(H,21,27). The zero-order chi connectivity index (χ0) is 18.6. The molecule has 0 atom stereocenters. The Morgan fingerprint density at radius 2 is 1.81 bits per heavy atom.